The third-order valence-electron chi connectivity index (χ3n) is 2.68. The van der Waals surface area contributed by atoms with Gasteiger partial charge in [0.1, 0.15) is 0 Å². The van der Waals surface area contributed by atoms with E-state index in [-0.39, 0.29) is 11.4 Å². The molecule has 0 N–H and O–H groups in total. The summed E-state index contributed by atoms with van der Waals surface area (Å²) in [6.07, 6.45) is 6.34. The first-order valence-electron chi connectivity index (χ1n) is 5.55. The number of ether oxygens (including phenoxy) is 1. The SMILES string of the molecule is CCOC(=O)C(=CC1CCCC1)C(C)=O. The van der Waals surface area contributed by atoms with Crippen LogP contribution in [0.1, 0.15) is 39.5 Å². The third-order valence-corrected chi connectivity index (χ3v) is 2.68. The van der Waals surface area contributed by atoms with E-state index in [0.29, 0.717) is 12.5 Å². The van der Waals surface area contributed by atoms with Crippen molar-refractivity contribution in [3.8, 4) is 0 Å². The molecule has 0 spiro atoms. The van der Waals surface area contributed by atoms with Crippen LogP contribution in [0.2, 0.25) is 0 Å². The molecule has 0 aliphatic heterocycles. The van der Waals surface area contributed by atoms with Gasteiger partial charge in [-0.2, -0.15) is 0 Å². The van der Waals surface area contributed by atoms with Crippen LogP contribution in [0.3, 0.4) is 0 Å². The molecule has 1 rings (SSSR count). The molecule has 0 saturated heterocycles. The van der Waals surface area contributed by atoms with Gasteiger partial charge in [-0.3, -0.25) is 4.79 Å². The lowest BCUT2D eigenvalue weighted by atomic mass is 10.0. The molecule has 0 radical (unpaired) electrons. The number of ketones is 1. The number of esters is 1. The van der Waals surface area contributed by atoms with Crippen LogP contribution in [0.5, 0.6) is 0 Å². The first-order valence-corrected chi connectivity index (χ1v) is 5.55. The minimum Gasteiger partial charge on any atom is -0.462 e. The van der Waals surface area contributed by atoms with Gasteiger partial charge < -0.3 is 4.74 Å². The highest BCUT2D eigenvalue weighted by Crippen LogP contribution is 2.27. The first-order chi connectivity index (χ1) is 7.15. The fraction of sp³-hybridized carbons (Fsp3) is 0.667. The van der Waals surface area contributed by atoms with Crippen molar-refractivity contribution in [2.75, 3.05) is 6.61 Å². The zero-order valence-electron chi connectivity index (χ0n) is 9.41. The Morgan fingerprint density at radius 3 is 2.40 bits per heavy atom. The van der Waals surface area contributed by atoms with Crippen molar-refractivity contribution < 1.29 is 14.3 Å². The molecule has 1 fully saturated rings. The van der Waals surface area contributed by atoms with Gasteiger partial charge in [-0.05, 0) is 32.6 Å². The Balaban J connectivity index is 2.71. The molecular weight excluding hydrogens is 192 g/mol. The number of carbonyl (C=O) groups excluding carboxylic acids is 2. The first kappa shape index (κ1) is 12.0. The molecule has 0 bridgehead atoms. The van der Waals surface area contributed by atoms with E-state index >= 15 is 0 Å². The average molecular weight is 210 g/mol. The minimum absolute atomic E-state index is 0.194. The summed E-state index contributed by atoms with van der Waals surface area (Å²) in [5.74, 6) is -0.287. The molecule has 0 aromatic rings. The molecule has 0 heterocycles. The lowest BCUT2D eigenvalue weighted by Crippen LogP contribution is -2.14. The highest BCUT2D eigenvalue weighted by atomic mass is 16.5. The van der Waals surface area contributed by atoms with Gasteiger partial charge in [0.2, 0.25) is 0 Å². The Bertz CT molecular complexity index is 273. The predicted octanol–water partition coefficient (Wildman–Crippen LogP) is 2.26. The van der Waals surface area contributed by atoms with Gasteiger partial charge in [0.05, 0.1) is 12.2 Å². The van der Waals surface area contributed by atoms with Crippen molar-refractivity contribution in [3.05, 3.63) is 11.6 Å². The topological polar surface area (TPSA) is 43.4 Å². The number of carbonyl (C=O) groups is 2. The quantitative estimate of drug-likeness (QED) is 0.309. The normalized spacial score (nSPS) is 17.9. The maximum Gasteiger partial charge on any atom is 0.341 e. The minimum atomic E-state index is -0.475. The molecule has 0 aromatic carbocycles. The highest BCUT2D eigenvalue weighted by molar-refractivity contribution is 6.16. The molecule has 0 unspecified atom stereocenters. The van der Waals surface area contributed by atoms with Crippen LogP contribution < -0.4 is 0 Å². The van der Waals surface area contributed by atoms with E-state index in [1.165, 1.54) is 19.8 Å². The monoisotopic (exact) mass is 210 g/mol. The van der Waals surface area contributed by atoms with E-state index in [9.17, 15) is 9.59 Å². The van der Waals surface area contributed by atoms with E-state index < -0.39 is 5.97 Å². The van der Waals surface area contributed by atoms with Crippen molar-refractivity contribution in [3.63, 3.8) is 0 Å². The van der Waals surface area contributed by atoms with E-state index in [1.807, 2.05) is 0 Å². The largest absolute Gasteiger partial charge is 0.462 e. The van der Waals surface area contributed by atoms with Gasteiger partial charge in [-0.25, -0.2) is 4.79 Å². The summed E-state index contributed by atoms with van der Waals surface area (Å²) in [7, 11) is 0. The zero-order valence-corrected chi connectivity index (χ0v) is 9.41. The fourth-order valence-corrected chi connectivity index (χ4v) is 1.90. The van der Waals surface area contributed by atoms with Crippen LogP contribution in [0.15, 0.2) is 11.6 Å². The second-order valence-electron chi connectivity index (χ2n) is 3.90. The Kier molecular flexibility index (Phi) is 4.53. The van der Waals surface area contributed by atoms with E-state index in [4.69, 9.17) is 4.74 Å². The second kappa shape index (κ2) is 5.69. The van der Waals surface area contributed by atoms with Gasteiger partial charge in [-0.15, -0.1) is 0 Å². The van der Waals surface area contributed by atoms with Gasteiger partial charge >= 0.3 is 5.97 Å². The number of hydrogen-bond acceptors (Lipinski definition) is 3. The van der Waals surface area contributed by atoms with Crippen LogP contribution in [-0.4, -0.2) is 18.4 Å². The summed E-state index contributed by atoms with van der Waals surface area (Å²) in [6, 6.07) is 0. The summed E-state index contributed by atoms with van der Waals surface area (Å²) in [5.41, 5.74) is 0.226. The molecule has 1 saturated carbocycles. The molecule has 1 aliphatic rings. The van der Waals surface area contributed by atoms with Crippen LogP contribution in [0, 0.1) is 5.92 Å². The molecule has 15 heavy (non-hydrogen) atoms. The Hall–Kier alpha value is -1.12. The summed E-state index contributed by atoms with van der Waals surface area (Å²) in [5, 5.41) is 0. The van der Waals surface area contributed by atoms with Crippen molar-refractivity contribution >= 4 is 11.8 Å². The number of allylic oxidation sites excluding steroid dienone is 1. The zero-order chi connectivity index (χ0) is 11.3. The maximum atomic E-state index is 11.5. The fourth-order valence-electron chi connectivity index (χ4n) is 1.90. The van der Waals surface area contributed by atoms with E-state index in [1.54, 1.807) is 13.0 Å². The van der Waals surface area contributed by atoms with Gasteiger partial charge in [0.25, 0.3) is 0 Å². The molecule has 84 valence electrons. The summed E-state index contributed by atoms with van der Waals surface area (Å²) in [4.78, 5) is 22.7. The van der Waals surface area contributed by atoms with Crippen LogP contribution in [-0.2, 0) is 14.3 Å². The van der Waals surface area contributed by atoms with Gasteiger partial charge in [-0.1, -0.05) is 18.9 Å². The summed E-state index contributed by atoms with van der Waals surface area (Å²) >= 11 is 0. The van der Waals surface area contributed by atoms with Crippen LogP contribution >= 0.6 is 0 Å². The average Bonchev–Trinajstić information content (AvgIpc) is 2.66. The lowest BCUT2D eigenvalue weighted by Gasteiger charge is -2.06. The highest BCUT2D eigenvalue weighted by Gasteiger charge is 2.20. The second-order valence-corrected chi connectivity index (χ2v) is 3.90. The van der Waals surface area contributed by atoms with E-state index in [0.717, 1.165) is 12.8 Å². The number of hydrogen-bond donors (Lipinski definition) is 0. The third kappa shape index (κ3) is 3.50. The van der Waals surface area contributed by atoms with Crippen molar-refractivity contribution in [2.45, 2.75) is 39.5 Å². The van der Waals surface area contributed by atoms with Crippen LogP contribution in [0.25, 0.3) is 0 Å². The lowest BCUT2D eigenvalue weighted by molar-refractivity contribution is -0.139. The number of Topliss-reactive ketones (excluding diaryl/α,β-unsaturated/α-hetero) is 1. The predicted molar refractivity (Wildman–Crippen MR) is 57.4 cm³/mol. The van der Waals surface area contributed by atoms with Gasteiger partial charge in [0.15, 0.2) is 5.78 Å². The van der Waals surface area contributed by atoms with Crippen LogP contribution in [0.4, 0.5) is 0 Å². The van der Waals surface area contributed by atoms with E-state index in [2.05, 4.69) is 0 Å². The van der Waals surface area contributed by atoms with Gasteiger partial charge in [0, 0.05) is 0 Å². The van der Waals surface area contributed by atoms with Crippen molar-refractivity contribution in [2.24, 2.45) is 5.92 Å². The standard InChI is InChI=1S/C12H18O3/c1-3-15-12(14)11(9(2)13)8-10-6-4-5-7-10/h8,10H,3-7H2,1-2H3. The molecule has 0 aromatic heterocycles. The summed E-state index contributed by atoms with van der Waals surface area (Å²) < 4.78 is 4.85. The molecule has 1 aliphatic carbocycles. The molecule has 3 nitrogen and oxygen atoms in total. The smallest absolute Gasteiger partial charge is 0.341 e. The molecule has 3 heteroatoms. The molecule has 0 amide bonds. The van der Waals surface area contributed by atoms with Crippen molar-refractivity contribution in [1.29, 1.82) is 0 Å². The van der Waals surface area contributed by atoms with Crippen molar-refractivity contribution in [1.82, 2.24) is 0 Å². The molecular formula is C12H18O3. The Morgan fingerprint density at radius 1 is 1.33 bits per heavy atom. The molecule has 0 atom stereocenters. The Labute approximate surface area is 90.5 Å². The number of rotatable bonds is 4. The Morgan fingerprint density at radius 2 is 1.93 bits per heavy atom. The maximum absolute atomic E-state index is 11.5. The summed E-state index contributed by atoms with van der Waals surface area (Å²) in [6.45, 7) is 3.47.